The Balaban J connectivity index is 5.25. The minimum absolute atomic E-state index is 0.0312. The highest BCUT2D eigenvalue weighted by molar-refractivity contribution is 7.80. The molecular formula is C20H37N5O7S. The van der Waals surface area contributed by atoms with Crippen molar-refractivity contribution < 1.29 is 34.2 Å². The summed E-state index contributed by atoms with van der Waals surface area (Å²) in [4.78, 5) is 60.0. The molecule has 0 fully saturated rings. The summed E-state index contributed by atoms with van der Waals surface area (Å²) in [6.45, 7) is 4.04. The number of aliphatic carboxylic acids is 2. The fraction of sp³-hybridized carbons (Fsp3) is 0.750. The van der Waals surface area contributed by atoms with Crippen molar-refractivity contribution in [2.24, 2.45) is 17.4 Å². The van der Waals surface area contributed by atoms with Crippen LogP contribution < -0.4 is 27.4 Å². The number of rotatable bonds is 17. The summed E-state index contributed by atoms with van der Waals surface area (Å²) in [5.41, 5.74) is 11.2. The zero-order valence-electron chi connectivity index (χ0n) is 19.1. The molecule has 0 rings (SSSR count). The molecule has 0 saturated carbocycles. The molecule has 4 unspecified atom stereocenters. The van der Waals surface area contributed by atoms with Gasteiger partial charge in [-0.2, -0.15) is 12.6 Å². The maximum atomic E-state index is 12.7. The summed E-state index contributed by atoms with van der Waals surface area (Å²) in [6.07, 6.45) is 1.16. The van der Waals surface area contributed by atoms with Gasteiger partial charge < -0.3 is 37.6 Å². The van der Waals surface area contributed by atoms with Crippen LogP contribution in [0.1, 0.15) is 52.4 Å². The van der Waals surface area contributed by atoms with Crippen molar-refractivity contribution >= 4 is 42.3 Å². The number of nitrogens with one attached hydrogen (secondary N) is 3. The fourth-order valence-corrected chi connectivity index (χ4v) is 3.14. The largest absolute Gasteiger partial charge is 0.481 e. The van der Waals surface area contributed by atoms with Crippen molar-refractivity contribution in [2.75, 3.05) is 12.3 Å². The lowest BCUT2D eigenvalue weighted by Gasteiger charge is -2.24. The molecular weight excluding hydrogens is 454 g/mol. The van der Waals surface area contributed by atoms with E-state index in [2.05, 4.69) is 28.6 Å². The maximum absolute atomic E-state index is 12.7. The number of carbonyl (C=O) groups is 5. The first-order valence-electron chi connectivity index (χ1n) is 10.8. The van der Waals surface area contributed by atoms with Gasteiger partial charge in [0.1, 0.15) is 18.1 Å². The van der Waals surface area contributed by atoms with Crippen LogP contribution in [0.15, 0.2) is 0 Å². The van der Waals surface area contributed by atoms with E-state index in [1.54, 1.807) is 13.8 Å². The number of thiol groups is 1. The van der Waals surface area contributed by atoms with Crippen molar-refractivity contribution in [1.29, 1.82) is 0 Å². The first-order chi connectivity index (χ1) is 15.4. The van der Waals surface area contributed by atoms with Crippen molar-refractivity contribution in [3.8, 4) is 0 Å². The quantitative estimate of drug-likeness (QED) is 0.0906. The van der Waals surface area contributed by atoms with E-state index in [-0.39, 0.29) is 24.5 Å². The Bertz CT molecular complexity index is 677. The molecule has 0 aromatic rings. The number of hydrogen-bond donors (Lipinski definition) is 8. The van der Waals surface area contributed by atoms with Gasteiger partial charge >= 0.3 is 11.9 Å². The highest BCUT2D eigenvalue weighted by atomic mass is 32.1. The Morgan fingerprint density at radius 3 is 1.88 bits per heavy atom. The van der Waals surface area contributed by atoms with Gasteiger partial charge in [-0.1, -0.05) is 20.3 Å². The minimum atomic E-state index is -1.32. The second-order valence-corrected chi connectivity index (χ2v) is 8.52. The van der Waals surface area contributed by atoms with Crippen molar-refractivity contribution in [3.05, 3.63) is 0 Å². The van der Waals surface area contributed by atoms with Gasteiger partial charge in [0.05, 0.1) is 6.04 Å². The number of nitrogens with two attached hydrogens (primary N) is 2. The molecule has 13 heteroatoms. The zero-order valence-corrected chi connectivity index (χ0v) is 20.0. The SMILES string of the molecule is CC(C)CC(NC(=O)C(CCC(=O)O)NC(=O)C(CS)NC(=O)C(N)CCCCN)C(=O)O. The van der Waals surface area contributed by atoms with E-state index in [0.717, 1.165) is 0 Å². The molecule has 9 N–H and O–H groups in total. The molecule has 4 atom stereocenters. The van der Waals surface area contributed by atoms with Crippen LogP contribution in [0.5, 0.6) is 0 Å². The van der Waals surface area contributed by atoms with Gasteiger partial charge in [-0.15, -0.1) is 0 Å². The average molecular weight is 492 g/mol. The van der Waals surface area contributed by atoms with Crippen LogP contribution in [0.3, 0.4) is 0 Å². The standard InChI is InChI=1S/C20H37N5O7S/c1-11(2)9-14(20(31)32)24-18(29)13(6-7-16(26)27)23-19(30)15(10-33)25-17(28)12(22)5-3-4-8-21/h11-15,33H,3-10,21-22H2,1-2H3,(H,23,30)(H,24,29)(H,25,28)(H,26,27)(H,31,32). The van der Waals surface area contributed by atoms with E-state index in [4.69, 9.17) is 16.6 Å². The Morgan fingerprint density at radius 2 is 1.39 bits per heavy atom. The third-order valence-electron chi connectivity index (χ3n) is 4.72. The molecule has 0 aliphatic heterocycles. The predicted octanol–water partition coefficient (Wildman–Crippen LogP) is -1.18. The lowest BCUT2D eigenvalue weighted by Crippen LogP contribution is -2.57. The van der Waals surface area contributed by atoms with Gasteiger partial charge in [0.25, 0.3) is 0 Å². The van der Waals surface area contributed by atoms with Crippen LogP contribution in [0.25, 0.3) is 0 Å². The summed E-state index contributed by atoms with van der Waals surface area (Å²) < 4.78 is 0. The molecule has 0 spiro atoms. The monoisotopic (exact) mass is 491 g/mol. The van der Waals surface area contributed by atoms with Gasteiger partial charge in [0.15, 0.2) is 0 Å². The topological polar surface area (TPSA) is 214 Å². The third-order valence-corrected chi connectivity index (χ3v) is 5.09. The van der Waals surface area contributed by atoms with Gasteiger partial charge in [0, 0.05) is 12.2 Å². The van der Waals surface area contributed by atoms with E-state index in [0.29, 0.717) is 25.8 Å². The van der Waals surface area contributed by atoms with Crippen LogP contribution in [0, 0.1) is 5.92 Å². The number of unbranched alkanes of at least 4 members (excludes halogenated alkanes) is 1. The molecule has 0 saturated heterocycles. The Morgan fingerprint density at radius 1 is 0.848 bits per heavy atom. The second-order valence-electron chi connectivity index (χ2n) is 8.16. The maximum Gasteiger partial charge on any atom is 0.326 e. The molecule has 0 aromatic carbocycles. The van der Waals surface area contributed by atoms with E-state index in [1.807, 2.05) is 0 Å². The van der Waals surface area contributed by atoms with E-state index < -0.39 is 60.2 Å². The fourth-order valence-electron chi connectivity index (χ4n) is 2.89. The normalized spacial score (nSPS) is 14.6. The predicted molar refractivity (Wildman–Crippen MR) is 124 cm³/mol. The van der Waals surface area contributed by atoms with Crippen molar-refractivity contribution in [2.45, 2.75) is 76.5 Å². The number of hydrogen-bond acceptors (Lipinski definition) is 8. The lowest BCUT2D eigenvalue weighted by atomic mass is 10.0. The van der Waals surface area contributed by atoms with Gasteiger partial charge in [0.2, 0.25) is 17.7 Å². The Kier molecular flexibility index (Phi) is 15.1. The molecule has 12 nitrogen and oxygen atoms in total. The molecule has 0 heterocycles. The summed E-state index contributed by atoms with van der Waals surface area (Å²) >= 11 is 4.06. The highest BCUT2D eigenvalue weighted by Crippen LogP contribution is 2.07. The van der Waals surface area contributed by atoms with E-state index in [9.17, 15) is 29.1 Å². The molecule has 3 amide bonds. The minimum Gasteiger partial charge on any atom is -0.481 e. The summed E-state index contributed by atoms with van der Waals surface area (Å²) in [5, 5.41) is 25.5. The molecule has 0 aliphatic carbocycles. The molecule has 33 heavy (non-hydrogen) atoms. The molecule has 190 valence electrons. The lowest BCUT2D eigenvalue weighted by molar-refractivity contribution is -0.143. The molecule has 0 aliphatic rings. The van der Waals surface area contributed by atoms with E-state index >= 15 is 0 Å². The summed E-state index contributed by atoms with van der Waals surface area (Å²) in [5.74, 6) is -4.75. The van der Waals surface area contributed by atoms with Crippen molar-refractivity contribution in [3.63, 3.8) is 0 Å². The first kappa shape index (κ1) is 30.6. The van der Waals surface area contributed by atoms with Crippen LogP contribution in [0.4, 0.5) is 0 Å². The summed E-state index contributed by atoms with van der Waals surface area (Å²) in [6, 6.07) is -4.51. The van der Waals surface area contributed by atoms with Crippen LogP contribution in [-0.2, 0) is 24.0 Å². The number of amides is 3. The van der Waals surface area contributed by atoms with E-state index in [1.165, 1.54) is 0 Å². The smallest absolute Gasteiger partial charge is 0.326 e. The van der Waals surface area contributed by atoms with Crippen LogP contribution >= 0.6 is 12.6 Å². The third kappa shape index (κ3) is 13.0. The Labute approximate surface area is 199 Å². The average Bonchev–Trinajstić information content (AvgIpc) is 2.73. The van der Waals surface area contributed by atoms with Crippen molar-refractivity contribution in [1.82, 2.24) is 16.0 Å². The zero-order chi connectivity index (χ0) is 25.6. The molecule has 0 aromatic heterocycles. The Hall–Kier alpha value is -2.38. The number of carboxylic acid groups (broad SMARTS) is 2. The van der Waals surface area contributed by atoms with Crippen LogP contribution in [0.2, 0.25) is 0 Å². The highest BCUT2D eigenvalue weighted by Gasteiger charge is 2.30. The molecule has 0 bridgehead atoms. The summed E-state index contributed by atoms with van der Waals surface area (Å²) in [7, 11) is 0. The second kappa shape index (κ2) is 16.3. The molecule has 0 radical (unpaired) electrons. The van der Waals surface area contributed by atoms with Gasteiger partial charge in [-0.25, -0.2) is 4.79 Å². The number of carbonyl (C=O) groups excluding carboxylic acids is 3. The van der Waals surface area contributed by atoms with Gasteiger partial charge in [-0.05, 0) is 38.1 Å². The van der Waals surface area contributed by atoms with Crippen LogP contribution in [-0.4, -0.2) is 76.3 Å². The number of carboxylic acids is 2. The van der Waals surface area contributed by atoms with Gasteiger partial charge in [-0.3, -0.25) is 19.2 Å². The first-order valence-corrected chi connectivity index (χ1v) is 11.5.